The molecule has 19 heavy (non-hydrogen) atoms. The van der Waals surface area contributed by atoms with Crippen LogP contribution < -0.4 is 4.74 Å². The zero-order chi connectivity index (χ0) is 13.8. The fourth-order valence-electron chi connectivity index (χ4n) is 2.37. The Morgan fingerprint density at radius 2 is 1.84 bits per heavy atom. The maximum Gasteiger partial charge on any atom is 0.263 e. The standard InChI is InChI=1S/C15H21NO3/c1-11-9-16(10-12(2)18-11)15(17)13(3)19-14-7-5-4-6-8-14/h4-8,11-13H,9-10H2,1-3H3/t11-,12-,13-/m1/s1. The molecule has 3 atom stereocenters. The Morgan fingerprint density at radius 3 is 2.42 bits per heavy atom. The van der Waals surface area contributed by atoms with Crippen LogP contribution in [0.15, 0.2) is 30.3 Å². The van der Waals surface area contributed by atoms with Crippen molar-refractivity contribution >= 4 is 5.91 Å². The number of hydrogen-bond acceptors (Lipinski definition) is 3. The first kappa shape index (κ1) is 13.9. The molecule has 1 aliphatic heterocycles. The quantitative estimate of drug-likeness (QED) is 0.838. The second-order valence-electron chi connectivity index (χ2n) is 5.07. The molecule has 0 N–H and O–H groups in total. The molecule has 1 saturated heterocycles. The molecule has 1 aromatic carbocycles. The number of ether oxygens (including phenoxy) is 2. The Morgan fingerprint density at radius 1 is 1.26 bits per heavy atom. The number of nitrogens with zero attached hydrogens (tertiary/aromatic N) is 1. The van der Waals surface area contributed by atoms with Gasteiger partial charge in [0.1, 0.15) is 5.75 Å². The van der Waals surface area contributed by atoms with Gasteiger partial charge in [-0.2, -0.15) is 0 Å². The van der Waals surface area contributed by atoms with Crippen molar-refractivity contribution in [3.05, 3.63) is 30.3 Å². The van der Waals surface area contributed by atoms with Crippen LogP contribution in [0.3, 0.4) is 0 Å². The molecule has 0 spiro atoms. The van der Waals surface area contributed by atoms with Gasteiger partial charge in [-0.1, -0.05) is 18.2 Å². The highest BCUT2D eigenvalue weighted by Gasteiger charge is 2.29. The molecular formula is C15H21NO3. The van der Waals surface area contributed by atoms with Gasteiger partial charge < -0.3 is 14.4 Å². The van der Waals surface area contributed by atoms with E-state index in [9.17, 15) is 4.79 Å². The maximum absolute atomic E-state index is 12.3. The summed E-state index contributed by atoms with van der Waals surface area (Å²) in [5.41, 5.74) is 0. The van der Waals surface area contributed by atoms with Gasteiger partial charge in [-0.15, -0.1) is 0 Å². The van der Waals surface area contributed by atoms with E-state index < -0.39 is 6.10 Å². The van der Waals surface area contributed by atoms with Crippen LogP contribution in [0.1, 0.15) is 20.8 Å². The largest absolute Gasteiger partial charge is 0.481 e. The summed E-state index contributed by atoms with van der Waals surface area (Å²) < 4.78 is 11.3. The highest BCUT2D eigenvalue weighted by atomic mass is 16.5. The topological polar surface area (TPSA) is 38.8 Å². The summed E-state index contributed by atoms with van der Waals surface area (Å²) >= 11 is 0. The Hall–Kier alpha value is -1.55. The molecule has 2 rings (SSSR count). The number of para-hydroxylation sites is 1. The molecule has 1 aliphatic rings. The monoisotopic (exact) mass is 263 g/mol. The minimum atomic E-state index is -0.472. The van der Waals surface area contributed by atoms with Gasteiger partial charge in [0.2, 0.25) is 0 Å². The van der Waals surface area contributed by atoms with Crippen LogP contribution in [0.2, 0.25) is 0 Å². The van der Waals surface area contributed by atoms with E-state index in [0.717, 1.165) is 5.75 Å². The molecule has 104 valence electrons. The van der Waals surface area contributed by atoms with E-state index in [1.807, 2.05) is 49.1 Å². The van der Waals surface area contributed by atoms with Gasteiger partial charge in [0, 0.05) is 13.1 Å². The summed E-state index contributed by atoms with van der Waals surface area (Å²) in [6, 6.07) is 9.42. The molecule has 0 unspecified atom stereocenters. The van der Waals surface area contributed by atoms with E-state index in [0.29, 0.717) is 13.1 Å². The molecule has 1 aromatic rings. The van der Waals surface area contributed by atoms with E-state index in [1.165, 1.54) is 0 Å². The van der Waals surface area contributed by atoms with Crippen LogP contribution in [0.4, 0.5) is 0 Å². The number of rotatable bonds is 3. The zero-order valence-corrected chi connectivity index (χ0v) is 11.7. The molecule has 0 radical (unpaired) electrons. The minimum absolute atomic E-state index is 0.0193. The van der Waals surface area contributed by atoms with E-state index in [4.69, 9.17) is 9.47 Å². The van der Waals surface area contributed by atoms with Crippen molar-refractivity contribution in [1.29, 1.82) is 0 Å². The van der Waals surface area contributed by atoms with Crippen LogP contribution in [0.5, 0.6) is 5.75 Å². The molecular weight excluding hydrogens is 242 g/mol. The van der Waals surface area contributed by atoms with Gasteiger partial charge in [-0.05, 0) is 32.9 Å². The van der Waals surface area contributed by atoms with E-state index in [-0.39, 0.29) is 18.1 Å². The molecule has 4 heteroatoms. The summed E-state index contributed by atoms with van der Waals surface area (Å²) in [6.07, 6.45) is -0.312. The normalized spacial score (nSPS) is 24.9. The highest BCUT2D eigenvalue weighted by molar-refractivity contribution is 5.81. The summed E-state index contributed by atoms with van der Waals surface area (Å²) in [7, 11) is 0. The number of benzene rings is 1. The second-order valence-corrected chi connectivity index (χ2v) is 5.07. The van der Waals surface area contributed by atoms with Gasteiger partial charge >= 0.3 is 0 Å². The van der Waals surface area contributed by atoms with Crippen molar-refractivity contribution in [2.24, 2.45) is 0 Å². The number of carbonyl (C=O) groups is 1. The fourth-order valence-corrected chi connectivity index (χ4v) is 2.37. The average molecular weight is 263 g/mol. The Balaban J connectivity index is 1.95. The number of amides is 1. The van der Waals surface area contributed by atoms with E-state index in [1.54, 1.807) is 6.92 Å². The first-order chi connectivity index (χ1) is 9.06. The predicted octanol–water partition coefficient (Wildman–Crippen LogP) is 2.09. The molecule has 0 bridgehead atoms. The minimum Gasteiger partial charge on any atom is -0.481 e. The lowest BCUT2D eigenvalue weighted by atomic mass is 10.2. The highest BCUT2D eigenvalue weighted by Crippen LogP contribution is 2.15. The number of morpholine rings is 1. The number of hydrogen-bond donors (Lipinski definition) is 0. The Labute approximate surface area is 114 Å². The van der Waals surface area contributed by atoms with Crippen LogP contribution >= 0.6 is 0 Å². The predicted molar refractivity (Wildman–Crippen MR) is 73.1 cm³/mol. The molecule has 0 saturated carbocycles. The SMILES string of the molecule is C[C@@H]1CN(C(=O)[C@@H](C)Oc2ccccc2)C[C@@H](C)O1. The van der Waals surface area contributed by atoms with Crippen LogP contribution in [0, 0.1) is 0 Å². The fraction of sp³-hybridized carbons (Fsp3) is 0.533. The van der Waals surface area contributed by atoms with Gasteiger partial charge in [-0.25, -0.2) is 0 Å². The summed E-state index contributed by atoms with van der Waals surface area (Å²) in [6.45, 7) is 7.02. The maximum atomic E-state index is 12.3. The molecule has 0 aromatic heterocycles. The first-order valence-corrected chi connectivity index (χ1v) is 6.72. The van der Waals surface area contributed by atoms with Crippen molar-refractivity contribution in [3.8, 4) is 5.75 Å². The van der Waals surface area contributed by atoms with Crippen LogP contribution in [0.25, 0.3) is 0 Å². The molecule has 1 fully saturated rings. The molecule has 0 aliphatic carbocycles. The average Bonchev–Trinajstić information content (AvgIpc) is 2.37. The Bertz CT molecular complexity index is 411. The van der Waals surface area contributed by atoms with Crippen LogP contribution in [-0.4, -0.2) is 42.2 Å². The second kappa shape index (κ2) is 6.06. The van der Waals surface area contributed by atoms with Crippen LogP contribution in [-0.2, 0) is 9.53 Å². The summed E-state index contributed by atoms with van der Waals surface area (Å²) in [5, 5.41) is 0. The van der Waals surface area contributed by atoms with Crippen molar-refractivity contribution < 1.29 is 14.3 Å². The van der Waals surface area contributed by atoms with Gasteiger partial charge in [0.05, 0.1) is 12.2 Å². The lowest BCUT2D eigenvalue weighted by Gasteiger charge is -2.36. The first-order valence-electron chi connectivity index (χ1n) is 6.72. The molecule has 4 nitrogen and oxygen atoms in total. The summed E-state index contributed by atoms with van der Waals surface area (Å²) in [5.74, 6) is 0.739. The van der Waals surface area contributed by atoms with Crippen molar-refractivity contribution in [2.45, 2.75) is 39.1 Å². The van der Waals surface area contributed by atoms with Crippen molar-refractivity contribution in [1.82, 2.24) is 4.90 Å². The van der Waals surface area contributed by atoms with Crippen molar-refractivity contribution in [3.63, 3.8) is 0 Å². The lowest BCUT2D eigenvalue weighted by Crippen LogP contribution is -2.51. The zero-order valence-electron chi connectivity index (χ0n) is 11.7. The Kier molecular flexibility index (Phi) is 4.43. The van der Waals surface area contributed by atoms with Gasteiger partial charge in [0.25, 0.3) is 5.91 Å². The lowest BCUT2D eigenvalue weighted by molar-refractivity contribution is -0.149. The van der Waals surface area contributed by atoms with Gasteiger partial charge in [-0.3, -0.25) is 4.79 Å². The third-order valence-electron chi connectivity index (χ3n) is 3.14. The third-order valence-corrected chi connectivity index (χ3v) is 3.14. The van der Waals surface area contributed by atoms with E-state index in [2.05, 4.69) is 0 Å². The van der Waals surface area contributed by atoms with E-state index >= 15 is 0 Å². The smallest absolute Gasteiger partial charge is 0.263 e. The van der Waals surface area contributed by atoms with Gasteiger partial charge in [0.15, 0.2) is 6.10 Å². The molecule has 1 amide bonds. The van der Waals surface area contributed by atoms with Crippen molar-refractivity contribution in [2.75, 3.05) is 13.1 Å². The molecule has 1 heterocycles. The third kappa shape index (κ3) is 3.70. The number of carbonyl (C=O) groups excluding carboxylic acids is 1. The summed E-state index contributed by atoms with van der Waals surface area (Å²) in [4.78, 5) is 14.2.